The van der Waals surface area contributed by atoms with Crippen LogP contribution in [0.1, 0.15) is 31.4 Å². The third-order valence-corrected chi connectivity index (χ3v) is 2.62. The van der Waals surface area contributed by atoms with Crippen LogP contribution in [0.5, 0.6) is 0 Å². The van der Waals surface area contributed by atoms with Gasteiger partial charge in [0, 0.05) is 0 Å². The maximum atomic E-state index is 10.7. The van der Waals surface area contributed by atoms with Crippen LogP contribution in [-0.4, -0.2) is 13.0 Å². The van der Waals surface area contributed by atoms with Crippen molar-refractivity contribution in [3.63, 3.8) is 0 Å². The van der Waals surface area contributed by atoms with Crippen molar-refractivity contribution in [2.75, 3.05) is 0 Å². The zero-order valence-corrected chi connectivity index (χ0v) is 10.4. The highest BCUT2D eigenvalue weighted by Crippen LogP contribution is 2.15. The Morgan fingerprint density at radius 3 is 2.00 bits per heavy atom. The normalized spacial score (nSPS) is 10.5. The van der Waals surface area contributed by atoms with Gasteiger partial charge in [-0.3, -0.25) is 4.55 Å². The minimum absolute atomic E-state index is 0.0203. The smallest absolute Gasteiger partial charge is 0.282 e. The third kappa shape index (κ3) is 4.95. The summed E-state index contributed by atoms with van der Waals surface area (Å²) in [7, 11) is -4.05. The SMILES string of the molecule is CCC.Cc1ccc(S(=O)(=O)O)c(C)c1. The van der Waals surface area contributed by atoms with Gasteiger partial charge >= 0.3 is 0 Å². The van der Waals surface area contributed by atoms with E-state index in [9.17, 15) is 8.42 Å². The quantitative estimate of drug-likeness (QED) is 0.755. The molecule has 1 N–H and O–H groups in total. The van der Waals surface area contributed by atoms with E-state index in [-0.39, 0.29) is 4.90 Å². The lowest BCUT2D eigenvalue weighted by atomic mass is 10.2. The van der Waals surface area contributed by atoms with Crippen molar-refractivity contribution in [3.8, 4) is 0 Å². The molecule has 4 heteroatoms. The highest BCUT2D eigenvalue weighted by molar-refractivity contribution is 7.85. The molecule has 3 nitrogen and oxygen atoms in total. The summed E-state index contributed by atoms with van der Waals surface area (Å²) in [6, 6.07) is 4.76. The lowest BCUT2D eigenvalue weighted by Crippen LogP contribution is -2.00. The molecule has 0 aliphatic carbocycles. The molecule has 0 saturated heterocycles. The summed E-state index contributed by atoms with van der Waals surface area (Å²) in [5.74, 6) is 0. The standard InChI is InChI=1S/C8H10O3S.C3H8/c1-6-3-4-8(7(2)5-6)12(9,10)11;1-3-2/h3-5H,1-2H3,(H,9,10,11);3H2,1-2H3. The van der Waals surface area contributed by atoms with E-state index in [0.717, 1.165) is 5.56 Å². The van der Waals surface area contributed by atoms with E-state index in [1.807, 2.05) is 6.92 Å². The number of benzene rings is 1. The van der Waals surface area contributed by atoms with E-state index in [0.29, 0.717) is 5.56 Å². The molecule has 0 aliphatic rings. The van der Waals surface area contributed by atoms with Gasteiger partial charge in [-0.1, -0.05) is 38.0 Å². The zero-order valence-electron chi connectivity index (χ0n) is 9.61. The van der Waals surface area contributed by atoms with E-state index < -0.39 is 10.1 Å². The molecule has 0 unspecified atom stereocenters. The zero-order chi connectivity index (χ0) is 12.1. The van der Waals surface area contributed by atoms with Crippen LogP contribution in [0.4, 0.5) is 0 Å². The van der Waals surface area contributed by atoms with Gasteiger partial charge in [0.2, 0.25) is 0 Å². The van der Waals surface area contributed by atoms with Gasteiger partial charge in [0.05, 0.1) is 4.90 Å². The van der Waals surface area contributed by atoms with E-state index in [4.69, 9.17) is 4.55 Å². The molecule has 0 spiro atoms. The number of hydrogen-bond acceptors (Lipinski definition) is 2. The van der Waals surface area contributed by atoms with Gasteiger partial charge in [0.1, 0.15) is 0 Å². The summed E-state index contributed by atoms with van der Waals surface area (Å²) in [6.45, 7) is 7.76. The molecular formula is C11H18O3S. The van der Waals surface area contributed by atoms with Crippen LogP contribution in [-0.2, 0) is 10.1 Å². The monoisotopic (exact) mass is 230 g/mol. The van der Waals surface area contributed by atoms with Crippen molar-refractivity contribution >= 4 is 10.1 Å². The maximum absolute atomic E-state index is 10.7. The van der Waals surface area contributed by atoms with Gasteiger partial charge in [-0.2, -0.15) is 8.42 Å². The fraction of sp³-hybridized carbons (Fsp3) is 0.455. The van der Waals surface area contributed by atoms with Crippen LogP contribution >= 0.6 is 0 Å². The molecular weight excluding hydrogens is 212 g/mol. The topological polar surface area (TPSA) is 54.4 Å². The van der Waals surface area contributed by atoms with E-state index >= 15 is 0 Å². The van der Waals surface area contributed by atoms with Crippen LogP contribution < -0.4 is 0 Å². The Hall–Kier alpha value is -0.870. The summed E-state index contributed by atoms with van der Waals surface area (Å²) >= 11 is 0. The Bertz CT molecular complexity index is 408. The number of rotatable bonds is 1. The Balaban J connectivity index is 0.000000583. The molecule has 15 heavy (non-hydrogen) atoms. The average molecular weight is 230 g/mol. The van der Waals surface area contributed by atoms with Gasteiger partial charge in [-0.05, 0) is 25.5 Å². The minimum Gasteiger partial charge on any atom is -0.282 e. The predicted molar refractivity (Wildman–Crippen MR) is 61.7 cm³/mol. The summed E-state index contributed by atoms with van der Waals surface area (Å²) < 4.78 is 30.2. The third-order valence-electron chi connectivity index (χ3n) is 1.61. The van der Waals surface area contributed by atoms with Gasteiger partial charge in [0.15, 0.2) is 0 Å². The van der Waals surface area contributed by atoms with Crippen LogP contribution in [0.25, 0.3) is 0 Å². The molecule has 0 aromatic heterocycles. The Morgan fingerprint density at radius 2 is 1.67 bits per heavy atom. The van der Waals surface area contributed by atoms with Crippen LogP contribution in [0.3, 0.4) is 0 Å². The molecule has 0 amide bonds. The molecule has 1 rings (SSSR count). The molecule has 86 valence electrons. The van der Waals surface area contributed by atoms with Gasteiger partial charge in [0.25, 0.3) is 10.1 Å². The minimum atomic E-state index is -4.05. The second-order valence-corrected chi connectivity index (χ2v) is 4.84. The van der Waals surface area contributed by atoms with Crippen molar-refractivity contribution in [2.45, 2.75) is 39.0 Å². The van der Waals surface area contributed by atoms with Crippen LogP contribution in [0, 0.1) is 13.8 Å². The molecule has 1 aromatic carbocycles. The second-order valence-electron chi connectivity index (χ2n) is 3.45. The molecule has 0 aliphatic heterocycles. The number of hydrogen-bond donors (Lipinski definition) is 1. The largest absolute Gasteiger partial charge is 0.294 e. The van der Waals surface area contributed by atoms with Gasteiger partial charge in [-0.15, -0.1) is 0 Å². The van der Waals surface area contributed by atoms with E-state index in [2.05, 4.69) is 13.8 Å². The first kappa shape index (κ1) is 14.1. The highest BCUT2D eigenvalue weighted by atomic mass is 32.2. The fourth-order valence-electron chi connectivity index (χ4n) is 1.09. The first-order valence-electron chi connectivity index (χ1n) is 4.87. The first-order chi connectivity index (χ1) is 6.82. The van der Waals surface area contributed by atoms with E-state index in [1.54, 1.807) is 19.1 Å². The Morgan fingerprint density at radius 1 is 1.20 bits per heavy atom. The molecule has 0 heterocycles. The lowest BCUT2D eigenvalue weighted by Gasteiger charge is -2.02. The second kappa shape index (κ2) is 5.88. The van der Waals surface area contributed by atoms with Crippen molar-refractivity contribution in [1.82, 2.24) is 0 Å². The van der Waals surface area contributed by atoms with Crippen molar-refractivity contribution < 1.29 is 13.0 Å². The fourth-order valence-corrected chi connectivity index (χ4v) is 1.79. The van der Waals surface area contributed by atoms with Crippen molar-refractivity contribution in [3.05, 3.63) is 29.3 Å². The molecule has 0 atom stereocenters. The molecule has 0 radical (unpaired) electrons. The summed E-state index contributed by atoms with van der Waals surface area (Å²) in [5, 5.41) is 0. The molecule has 0 fully saturated rings. The van der Waals surface area contributed by atoms with Gasteiger partial charge < -0.3 is 0 Å². The average Bonchev–Trinajstić information content (AvgIpc) is 2.02. The molecule has 0 bridgehead atoms. The molecule has 0 saturated carbocycles. The summed E-state index contributed by atoms with van der Waals surface area (Å²) in [6.07, 6.45) is 1.25. The Kier molecular flexibility index (Phi) is 5.54. The maximum Gasteiger partial charge on any atom is 0.294 e. The Labute approximate surface area is 91.9 Å². The van der Waals surface area contributed by atoms with E-state index in [1.165, 1.54) is 12.5 Å². The van der Waals surface area contributed by atoms with Gasteiger partial charge in [-0.25, -0.2) is 0 Å². The lowest BCUT2D eigenvalue weighted by molar-refractivity contribution is 0.482. The molecule has 1 aromatic rings. The predicted octanol–water partition coefficient (Wildman–Crippen LogP) is 2.97. The highest BCUT2D eigenvalue weighted by Gasteiger charge is 2.11. The summed E-state index contributed by atoms with van der Waals surface area (Å²) in [5.41, 5.74) is 1.54. The van der Waals surface area contributed by atoms with Crippen LogP contribution in [0.15, 0.2) is 23.1 Å². The van der Waals surface area contributed by atoms with Crippen molar-refractivity contribution in [2.24, 2.45) is 0 Å². The van der Waals surface area contributed by atoms with Crippen LogP contribution in [0.2, 0.25) is 0 Å². The van der Waals surface area contributed by atoms with Crippen molar-refractivity contribution in [1.29, 1.82) is 0 Å². The first-order valence-corrected chi connectivity index (χ1v) is 6.31. The number of aryl methyl sites for hydroxylation is 2. The summed E-state index contributed by atoms with van der Waals surface area (Å²) in [4.78, 5) is -0.0203.